The number of fused-ring (bicyclic) bond motifs is 1. The number of aryl methyl sites for hydroxylation is 1. The van der Waals surface area contributed by atoms with Gasteiger partial charge in [-0.3, -0.25) is 10.2 Å². The van der Waals surface area contributed by atoms with Crippen LogP contribution in [0.25, 0.3) is 6.08 Å². The van der Waals surface area contributed by atoms with Crippen molar-refractivity contribution in [3.05, 3.63) is 58.7 Å². The van der Waals surface area contributed by atoms with Crippen LogP contribution >= 0.6 is 11.8 Å². The number of nitrogens with one attached hydrogen (secondary N) is 1. The molecule has 0 bridgehead atoms. The van der Waals surface area contributed by atoms with E-state index < -0.39 is 15.7 Å². The zero-order chi connectivity index (χ0) is 26.7. The highest BCUT2D eigenvalue weighted by Crippen LogP contribution is 2.32. The topological polar surface area (TPSA) is 131 Å². The minimum atomic E-state index is -3.60. The number of methoxy groups -OCH3 is 1. The number of aliphatic imine (C=N–C) groups is 1. The SMILES string of the molecule is COc1cc(/C=C2\C(=N)N3N=C(S(C)(=O)=O)SC3=NC2=O)ccc1OCCCOc1cccc(C)c1C. The Kier molecular flexibility index (Phi) is 7.69. The molecule has 2 aliphatic heterocycles. The number of carbonyl (C=O) groups excluding carboxylic acids is 1. The third-order valence-electron chi connectivity index (χ3n) is 5.61. The van der Waals surface area contributed by atoms with Crippen molar-refractivity contribution in [1.82, 2.24) is 5.01 Å². The molecule has 1 amide bonds. The summed E-state index contributed by atoms with van der Waals surface area (Å²) in [6.45, 7) is 4.99. The van der Waals surface area contributed by atoms with Crippen LogP contribution in [0.4, 0.5) is 0 Å². The number of benzene rings is 2. The highest BCUT2D eigenvalue weighted by molar-refractivity contribution is 8.42. The number of carbonyl (C=O) groups is 1. The first-order chi connectivity index (χ1) is 17.6. The van der Waals surface area contributed by atoms with Gasteiger partial charge in [0.2, 0.25) is 19.4 Å². The Balaban J connectivity index is 1.41. The maximum atomic E-state index is 12.6. The van der Waals surface area contributed by atoms with E-state index >= 15 is 0 Å². The van der Waals surface area contributed by atoms with Crippen LogP contribution in [0.5, 0.6) is 17.2 Å². The quantitative estimate of drug-likeness (QED) is 0.394. The molecule has 2 aromatic rings. The van der Waals surface area contributed by atoms with Gasteiger partial charge in [-0.15, -0.1) is 5.10 Å². The van der Waals surface area contributed by atoms with E-state index in [4.69, 9.17) is 19.6 Å². The van der Waals surface area contributed by atoms with Gasteiger partial charge >= 0.3 is 0 Å². The molecule has 2 heterocycles. The normalized spacial score (nSPS) is 16.4. The van der Waals surface area contributed by atoms with E-state index in [0.717, 1.165) is 34.3 Å². The third kappa shape index (κ3) is 5.86. The van der Waals surface area contributed by atoms with Crippen LogP contribution in [0.3, 0.4) is 0 Å². The number of hydrogen-bond donors (Lipinski definition) is 1. The molecule has 0 saturated heterocycles. The van der Waals surface area contributed by atoms with Gasteiger partial charge in [-0.1, -0.05) is 18.2 Å². The summed E-state index contributed by atoms with van der Waals surface area (Å²) in [4.78, 5) is 16.5. The van der Waals surface area contributed by atoms with Crippen LogP contribution in [0, 0.1) is 19.3 Å². The number of hydrazone groups is 1. The molecule has 0 saturated carbocycles. The van der Waals surface area contributed by atoms with E-state index in [-0.39, 0.29) is 21.0 Å². The van der Waals surface area contributed by atoms with Crippen LogP contribution in [0.15, 0.2) is 52.1 Å². The smallest absolute Gasteiger partial charge is 0.283 e. The number of thioether (sulfide) groups is 1. The summed E-state index contributed by atoms with van der Waals surface area (Å²) in [5.41, 5.74) is 2.85. The molecule has 10 nitrogen and oxygen atoms in total. The maximum Gasteiger partial charge on any atom is 0.283 e. The molecule has 1 N–H and O–H groups in total. The molecule has 0 spiro atoms. The number of ether oxygens (including phenoxy) is 3. The molecule has 194 valence electrons. The Labute approximate surface area is 219 Å². The van der Waals surface area contributed by atoms with Gasteiger partial charge in [0.15, 0.2) is 17.3 Å². The van der Waals surface area contributed by atoms with E-state index in [1.807, 2.05) is 32.0 Å². The van der Waals surface area contributed by atoms with E-state index in [9.17, 15) is 13.2 Å². The molecule has 0 aliphatic carbocycles. The van der Waals surface area contributed by atoms with Crippen LogP contribution in [0.1, 0.15) is 23.1 Å². The summed E-state index contributed by atoms with van der Waals surface area (Å²) in [6, 6.07) is 11.1. The fourth-order valence-corrected chi connectivity index (χ4v) is 5.17. The average molecular weight is 543 g/mol. The first-order valence-electron chi connectivity index (χ1n) is 11.3. The molecule has 4 rings (SSSR count). The highest BCUT2D eigenvalue weighted by atomic mass is 32.3. The second kappa shape index (κ2) is 10.8. The lowest BCUT2D eigenvalue weighted by Crippen LogP contribution is -2.35. The van der Waals surface area contributed by atoms with Gasteiger partial charge in [-0.25, -0.2) is 8.42 Å². The standard InChI is InChI=1S/C25H26N4O6S2/c1-15-7-5-8-19(16(15)2)34-11-6-12-35-20-10-9-17(14-21(20)33-3)13-18-22(26)29-24(27-23(18)30)36-25(28-29)37(4,31)32/h5,7-10,13-14,26H,6,11-12H2,1-4H3/b18-13+,26-22?. The first-order valence-corrected chi connectivity index (χ1v) is 14.0. The lowest BCUT2D eigenvalue weighted by atomic mass is 10.1. The largest absolute Gasteiger partial charge is 0.493 e. The Morgan fingerprint density at radius 1 is 1.08 bits per heavy atom. The third-order valence-corrected chi connectivity index (χ3v) is 8.19. The first kappa shape index (κ1) is 26.4. The molecular formula is C25H26N4O6S2. The van der Waals surface area contributed by atoms with E-state index in [1.54, 1.807) is 18.2 Å². The summed E-state index contributed by atoms with van der Waals surface area (Å²) >= 11 is 0.740. The molecule has 37 heavy (non-hydrogen) atoms. The van der Waals surface area contributed by atoms with Crippen molar-refractivity contribution in [2.45, 2.75) is 20.3 Å². The Morgan fingerprint density at radius 3 is 2.51 bits per heavy atom. The summed E-state index contributed by atoms with van der Waals surface area (Å²) in [7, 11) is -2.09. The van der Waals surface area contributed by atoms with Crippen molar-refractivity contribution in [3.63, 3.8) is 0 Å². The molecule has 2 aromatic carbocycles. The number of hydrogen-bond acceptors (Lipinski definition) is 9. The lowest BCUT2D eigenvalue weighted by molar-refractivity contribution is -0.114. The molecule has 0 radical (unpaired) electrons. The monoisotopic (exact) mass is 542 g/mol. The predicted molar refractivity (Wildman–Crippen MR) is 144 cm³/mol. The number of amidine groups is 2. The van der Waals surface area contributed by atoms with Gasteiger partial charge in [0.05, 0.1) is 25.9 Å². The highest BCUT2D eigenvalue weighted by Gasteiger charge is 2.38. The molecule has 0 aromatic heterocycles. The maximum absolute atomic E-state index is 12.6. The van der Waals surface area contributed by atoms with Crippen LogP contribution < -0.4 is 14.2 Å². The summed E-state index contributed by atoms with van der Waals surface area (Å²) in [5, 5.41) is 13.4. The van der Waals surface area contributed by atoms with Crippen molar-refractivity contribution >= 4 is 49.0 Å². The Morgan fingerprint density at radius 2 is 1.81 bits per heavy atom. The van der Waals surface area contributed by atoms with Crippen LogP contribution in [-0.2, 0) is 14.6 Å². The number of nitrogens with zero attached hydrogens (tertiary/aromatic N) is 3. The van der Waals surface area contributed by atoms with Crippen molar-refractivity contribution in [2.24, 2.45) is 10.1 Å². The minimum absolute atomic E-state index is 0.0258. The van der Waals surface area contributed by atoms with Crippen molar-refractivity contribution in [3.8, 4) is 17.2 Å². The summed E-state index contributed by atoms with van der Waals surface area (Å²) in [6.07, 6.45) is 3.15. The van der Waals surface area contributed by atoms with Crippen molar-refractivity contribution in [1.29, 1.82) is 5.41 Å². The van der Waals surface area contributed by atoms with Crippen LogP contribution in [0.2, 0.25) is 0 Å². The van der Waals surface area contributed by atoms with Gasteiger partial charge in [0, 0.05) is 12.7 Å². The van der Waals surface area contributed by atoms with E-state index in [0.29, 0.717) is 36.7 Å². The van der Waals surface area contributed by atoms with E-state index in [2.05, 4.69) is 10.1 Å². The molecule has 12 heteroatoms. The minimum Gasteiger partial charge on any atom is -0.493 e. The lowest BCUT2D eigenvalue weighted by Gasteiger charge is -2.20. The number of amides is 1. The Hall–Kier alpha value is -3.64. The molecule has 0 atom stereocenters. The van der Waals surface area contributed by atoms with Gasteiger partial charge in [0.25, 0.3) is 5.91 Å². The predicted octanol–water partition coefficient (Wildman–Crippen LogP) is 3.78. The number of rotatable bonds is 8. The molecule has 2 aliphatic rings. The molecular weight excluding hydrogens is 516 g/mol. The fraction of sp³-hybridized carbons (Fsp3) is 0.280. The van der Waals surface area contributed by atoms with E-state index in [1.165, 1.54) is 18.7 Å². The summed E-state index contributed by atoms with van der Waals surface area (Å²) in [5.74, 6) is 0.930. The van der Waals surface area contributed by atoms with Crippen LogP contribution in [-0.4, -0.2) is 61.3 Å². The average Bonchev–Trinajstić information content (AvgIpc) is 3.29. The van der Waals surface area contributed by atoms with Crippen molar-refractivity contribution in [2.75, 3.05) is 26.6 Å². The molecule has 0 unspecified atom stereocenters. The zero-order valence-corrected chi connectivity index (χ0v) is 22.4. The Bertz CT molecular complexity index is 1460. The second-order valence-electron chi connectivity index (χ2n) is 8.32. The summed E-state index contributed by atoms with van der Waals surface area (Å²) < 4.78 is 40.6. The van der Waals surface area contributed by atoms with Crippen molar-refractivity contribution < 1.29 is 27.4 Å². The van der Waals surface area contributed by atoms with Gasteiger partial charge in [-0.2, -0.15) is 10.0 Å². The second-order valence-corrected chi connectivity index (χ2v) is 11.5. The van der Waals surface area contributed by atoms with Gasteiger partial charge in [0.1, 0.15) is 5.75 Å². The van der Waals surface area contributed by atoms with Gasteiger partial charge in [-0.05, 0) is 66.6 Å². The fourth-order valence-electron chi connectivity index (χ4n) is 3.49. The zero-order valence-electron chi connectivity index (χ0n) is 20.8. The number of sulfone groups is 1. The van der Waals surface area contributed by atoms with Gasteiger partial charge < -0.3 is 14.2 Å². The molecule has 0 fully saturated rings.